The minimum Gasteiger partial charge on any atom is -0.462 e. The molecule has 0 aliphatic carbocycles. The van der Waals surface area contributed by atoms with E-state index in [-0.39, 0.29) is 30.3 Å². The molecule has 0 aliphatic rings. The van der Waals surface area contributed by atoms with Crippen LogP contribution in [0.5, 0.6) is 0 Å². The third kappa shape index (κ3) is 4.66. The van der Waals surface area contributed by atoms with E-state index < -0.39 is 17.4 Å². The molecule has 0 saturated heterocycles. The molecule has 162 valence electrons. The van der Waals surface area contributed by atoms with Gasteiger partial charge in [-0.3, -0.25) is 4.79 Å². The fourth-order valence-electron chi connectivity index (χ4n) is 3.40. The van der Waals surface area contributed by atoms with Gasteiger partial charge in [-0.2, -0.15) is 0 Å². The van der Waals surface area contributed by atoms with Crippen LogP contribution in [0.25, 0.3) is 11.0 Å². The number of hydrogen-bond acceptors (Lipinski definition) is 6. The molecule has 7 nitrogen and oxygen atoms in total. The molecule has 0 bridgehead atoms. The van der Waals surface area contributed by atoms with Crippen molar-refractivity contribution in [3.63, 3.8) is 0 Å². The van der Waals surface area contributed by atoms with E-state index in [4.69, 9.17) is 14.5 Å². The summed E-state index contributed by atoms with van der Waals surface area (Å²) in [6.45, 7) is 8.05. The van der Waals surface area contributed by atoms with Gasteiger partial charge in [-0.15, -0.1) is 0 Å². The summed E-state index contributed by atoms with van der Waals surface area (Å²) in [5.41, 5.74) is 0.871. The highest BCUT2D eigenvalue weighted by molar-refractivity contribution is 5.98. The highest BCUT2D eigenvalue weighted by Crippen LogP contribution is 2.24. The molecule has 0 fully saturated rings. The number of fused-ring (bicyclic) bond motifs is 1. The van der Waals surface area contributed by atoms with E-state index in [1.54, 1.807) is 13.8 Å². The van der Waals surface area contributed by atoms with Crippen molar-refractivity contribution in [3.05, 3.63) is 75.2 Å². The zero-order valence-corrected chi connectivity index (χ0v) is 18.2. The summed E-state index contributed by atoms with van der Waals surface area (Å²) < 4.78 is 12.1. The minimum atomic E-state index is -0.792. The van der Waals surface area contributed by atoms with Gasteiger partial charge in [-0.25, -0.2) is 14.6 Å². The average molecular weight is 422 g/mol. The Kier molecular flexibility index (Phi) is 6.84. The third-order valence-corrected chi connectivity index (χ3v) is 4.81. The monoisotopic (exact) mass is 422 g/mol. The summed E-state index contributed by atoms with van der Waals surface area (Å²) in [4.78, 5) is 42.8. The van der Waals surface area contributed by atoms with Crippen LogP contribution in [0.3, 0.4) is 0 Å². The van der Waals surface area contributed by atoms with Crippen molar-refractivity contribution in [3.8, 4) is 0 Å². The van der Waals surface area contributed by atoms with E-state index in [0.29, 0.717) is 17.6 Å². The highest BCUT2D eigenvalue weighted by atomic mass is 16.5. The smallest absolute Gasteiger partial charge is 0.342 e. The van der Waals surface area contributed by atoms with Crippen molar-refractivity contribution in [2.24, 2.45) is 0 Å². The first-order valence-electron chi connectivity index (χ1n) is 10.3. The van der Waals surface area contributed by atoms with E-state index in [0.717, 1.165) is 11.4 Å². The average Bonchev–Trinajstić information content (AvgIpc) is 2.99. The maximum atomic E-state index is 13.1. The fraction of sp³-hybridized carbons (Fsp3) is 0.333. The van der Waals surface area contributed by atoms with Crippen LogP contribution in [0, 0.1) is 0 Å². The standard InChI is InChI=1S/C24H26N2O5/c1-5-30-23(28)17-12-19-20(13-18(21(17)27)24(29)31-6-2)26(22(25-19)15(3)4)14-16-10-8-7-9-11-16/h7-13,15H,5-6,14H2,1-4H3. The molecule has 31 heavy (non-hydrogen) atoms. The van der Waals surface area contributed by atoms with Gasteiger partial charge in [0, 0.05) is 12.5 Å². The number of rotatable bonds is 7. The number of benzene rings is 1. The summed E-state index contributed by atoms with van der Waals surface area (Å²) in [6.07, 6.45) is 0. The molecule has 1 heterocycles. The molecule has 0 radical (unpaired) electrons. The lowest BCUT2D eigenvalue weighted by Crippen LogP contribution is -2.22. The molecule has 0 saturated carbocycles. The Morgan fingerprint density at radius 2 is 1.55 bits per heavy atom. The quantitative estimate of drug-likeness (QED) is 0.536. The van der Waals surface area contributed by atoms with E-state index in [1.165, 1.54) is 12.1 Å². The second-order valence-corrected chi connectivity index (χ2v) is 7.35. The summed E-state index contributed by atoms with van der Waals surface area (Å²) in [6, 6.07) is 12.7. The number of imidazole rings is 1. The van der Waals surface area contributed by atoms with Crippen LogP contribution < -0.4 is 5.43 Å². The minimum absolute atomic E-state index is 0.0743. The van der Waals surface area contributed by atoms with Gasteiger partial charge >= 0.3 is 11.9 Å². The molecule has 1 aromatic heterocycles. The molecule has 0 unspecified atom stereocenters. The predicted octanol–water partition coefficient (Wildman–Crippen LogP) is 3.92. The zero-order valence-electron chi connectivity index (χ0n) is 18.2. The normalized spacial score (nSPS) is 11.0. The second-order valence-electron chi connectivity index (χ2n) is 7.35. The lowest BCUT2D eigenvalue weighted by molar-refractivity contribution is 0.0523. The third-order valence-electron chi connectivity index (χ3n) is 4.81. The van der Waals surface area contributed by atoms with Crippen LogP contribution in [0.15, 0.2) is 47.3 Å². The number of hydrogen-bond donors (Lipinski definition) is 0. The maximum Gasteiger partial charge on any atom is 0.342 e. The molecule has 7 heteroatoms. The Balaban J connectivity index is 2.35. The van der Waals surface area contributed by atoms with Crippen molar-refractivity contribution in [2.75, 3.05) is 13.2 Å². The van der Waals surface area contributed by atoms with Gasteiger partial charge in [-0.05, 0) is 31.5 Å². The molecule has 0 aliphatic heterocycles. The first kappa shape index (κ1) is 22.2. The van der Waals surface area contributed by atoms with Crippen LogP contribution >= 0.6 is 0 Å². The topological polar surface area (TPSA) is 87.5 Å². The summed E-state index contributed by atoms with van der Waals surface area (Å²) in [7, 11) is 0. The largest absolute Gasteiger partial charge is 0.462 e. The summed E-state index contributed by atoms with van der Waals surface area (Å²) >= 11 is 0. The van der Waals surface area contributed by atoms with Gasteiger partial charge in [0.1, 0.15) is 17.0 Å². The van der Waals surface area contributed by atoms with Crippen LogP contribution in [0.1, 0.15) is 65.7 Å². The van der Waals surface area contributed by atoms with Gasteiger partial charge in [0.05, 0.1) is 24.2 Å². The molecule has 3 rings (SSSR count). The van der Waals surface area contributed by atoms with Crippen molar-refractivity contribution < 1.29 is 19.1 Å². The number of esters is 2. The number of carbonyl (C=O) groups excluding carboxylic acids is 2. The summed E-state index contributed by atoms with van der Waals surface area (Å²) in [5.74, 6) is -0.722. The SMILES string of the molecule is CCOC(=O)c1cc2nc(C(C)C)n(Cc3ccccc3)c2cc(C(=O)OCC)c1=O. The zero-order chi connectivity index (χ0) is 22.5. The number of aromatic nitrogens is 2. The van der Waals surface area contributed by atoms with Crippen molar-refractivity contribution >= 4 is 23.0 Å². The van der Waals surface area contributed by atoms with Crippen molar-refractivity contribution in [1.29, 1.82) is 0 Å². The molecule has 2 aromatic carbocycles. The Labute approximate surface area is 180 Å². The molecule has 0 amide bonds. The van der Waals surface area contributed by atoms with Crippen LogP contribution in [-0.4, -0.2) is 34.7 Å². The van der Waals surface area contributed by atoms with E-state index >= 15 is 0 Å². The maximum absolute atomic E-state index is 13.1. The van der Waals surface area contributed by atoms with E-state index in [2.05, 4.69) is 0 Å². The number of carbonyl (C=O) groups is 2. The van der Waals surface area contributed by atoms with Crippen LogP contribution in [0.4, 0.5) is 0 Å². The molecular weight excluding hydrogens is 396 g/mol. The molecule has 0 spiro atoms. The summed E-state index contributed by atoms with van der Waals surface area (Å²) in [5, 5.41) is 0. The lowest BCUT2D eigenvalue weighted by atomic mass is 10.1. The van der Waals surface area contributed by atoms with Crippen LogP contribution in [0.2, 0.25) is 0 Å². The molecule has 3 aromatic rings. The number of ether oxygens (including phenoxy) is 2. The van der Waals surface area contributed by atoms with Crippen molar-refractivity contribution in [1.82, 2.24) is 9.55 Å². The van der Waals surface area contributed by atoms with Gasteiger partial charge in [0.25, 0.3) is 0 Å². The van der Waals surface area contributed by atoms with E-state index in [1.807, 2.05) is 48.7 Å². The van der Waals surface area contributed by atoms with Gasteiger partial charge < -0.3 is 14.0 Å². The molecule has 0 N–H and O–H groups in total. The second kappa shape index (κ2) is 9.55. The lowest BCUT2D eigenvalue weighted by Gasteiger charge is -2.11. The predicted molar refractivity (Wildman–Crippen MR) is 118 cm³/mol. The Hall–Kier alpha value is -3.48. The van der Waals surface area contributed by atoms with Gasteiger partial charge in [0.2, 0.25) is 5.43 Å². The van der Waals surface area contributed by atoms with Crippen LogP contribution in [-0.2, 0) is 16.0 Å². The van der Waals surface area contributed by atoms with Gasteiger partial charge in [0.15, 0.2) is 0 Å². The highest BCUT2D eigenvalue weighted by Gasteiger charge is 2.23. The number of nitrogens with zero attached hydrogens (tertiary/aromatic N) is 2. The Bertz CT molecular complexity index is 1170. The molecular formula is C24H26N2O5. The van der Waals surface area contributed by atoms with Crippen molar-refractivity contribution in [2.45, 2.75) is 40.2 Å². The first-order valence-corrected chi connectivity index (χ1v) is 10.3. The Morgan fingerprint density at radius 3 is 2.10 bits per heavy atom. The van der Waals surface area contributed by atoms with Gasteiger partial charge in [-0.1, -0.05) is 44.2 Å². The van der Waals surface area contributed by atoms with E-state index in [9.17, 15) is 14.4 Å². The fourth-order valence-corrected chi connectivity index (χ4v) is 3.40. The Morgan fingerprint density at radius 1 is 0.968 bits per heavy atom. The molecule has 0 atom stereocenters. The first-order chi connectivity index (χ1) is 14.9.